The number of para-hydroxylation sites is 1. The van der Waals surface area contributed by atoms with Gasteiger partial charge in [0.15, 0.2) is 11.2 Å². The zero-order valence-electron chi connectivity index (χ0n) is 35.7. The number of aryl methyl sites for hydroxylation is 2. The van der Waals surface area contributed by atoms with Crippen molar-refractivity contribution in [1.82, 2.24) is 23.0 Å². The third-order valence-electron chi connectivity index (χ3n) is 10.9. The van der Waals surface area contributed by atoms with Crippen LogP contribution in [0.25, 0.3) is 32.8 Å². The summed E-state index contributed by atoms with van der Waals surface area (Å²) in [6.07, 6.45) is 4.79. The van der Waals surface area contributed by atoms with E-state index in [1.165, 1.54) is 0 Å². The van der Waals surface area contributed by atoms with Crippen molar-refractivity contribution >= 4 is 44.5 Å². The van der Waals surface area contributed by atoms with Gasteiger partial charge in [0.05, 0.1) is 37.6 Å². The standard InChI is InChI=1S/C48H56N6O6S/c1-7-26-54-46-39(40(47(54)48(55)58-9-3)20-14-32-59-44-21-12-16-35-15-10-11-17-38(35)44)18-13-19-41(46)45-42(49-51(6)43(45)34-57-31-8-2)33-60-37-24-22-36(23-25-37)52-27-29-53(30-28-52)61(56)50(4)5/h7-8,10-13,15-19,21-25H,1-2,9,14,20,26-34H2,3-6H3. The Balaban J connectivity index is 1.20. The van der Waals surface area contributed by atoms with Gasteiger partial charge in [-0.1, -0.05) is 66.7 Å². The van der Waals surface area contributed by atoms with E-state index in [2.05, 4.69) is 60.5 Å². The first-order chi connectivity index (χ1) is 29.7. The van der Waals surface area contributed by atoms with Crippen LogP contribution in [0, 0.1) is 0 Å². The van der Waals surface area contributed by atoms with Crippen LogP contribution >= 0.6 is 0 Å². The maximum Gasteiger partial charge on any atom is 0.355 e. The van der Waals surface area contributed by atoms with Crippen molar-refractivity contribution < 1.29 is 28.0 Å². The fourth-order valence-electron chi connectivity index (χ4n) is 8.11. The summed E-state index contributed by atoms with van der Waals surface area (Å²) in [6, 6.07) is 28.6. The van der Waals surface area contributed by atoms with Gasteiger partial charge in [0.2, 0.25) is 0 Å². The number of piperazine rings is 1. The van der Waals surface area contributed by atoms with Gasteiger partial charge in [-0.25, -0.2) is 17.6 Å². The molecule has 0 aliphatic carbocycles. The fourth-order valence-corrected chi connectivity index (χ4v) is 9.04. The van der Waals surface area contributed by atoms with Gasteiger partial charge in [-0.3, -0.25) is 4.68 Å². The summed E-state index contributed by atoms with van der Waals surface area (Å²) < 4.78 is 44.7. The van der Waals surface area contributed by atoms with Crippen LogP contribution in [0.15, 0.2) is 110 Å². The van der Waals surface area contributed by atoms with E-state index in [4.69, 9.17) is 24.0 Å². The number of esters is 1. The van der Waals surface area contributed by atoms with Crippen molar-refractivity contribution in [3.8, 4) is 22.6 Å². The zero-order valence-corrected chi connectivity index (χ0v) is 36.5. The van der Waals surface area contributed by atoms with Crippen molar-refractivity contribution in [2.24, 2.45) is 7.05 Å². The molecule has 1 unspecified atom stereocenters. The predicted molar refractivity (Wildman–Crippen MR) is 244 cm³/mol. The number of carbonyl (C=O) groups excluding carboxylic acids is 1. The summed E-state index contributed by atoms with van der Waals surface area (Å²) in [5.74, 6) is 1.17. The second-order valence-corrected chi connectivity index (χ2v) is 16.7. The number of hydrogen-bond donors (Lipinski definition) is 0. The molecule has 7 rings (SSSR count). The number of hydrogen-bond acceptors (Lipinski definition) is 8. The second kappa shape index (κ2) is 20.2. The van der Waals surface area contributed by atoms with Crippen LogP contribution in [0.1, 0.15) is 40.8 Å². The number of carbonyl (C=O) groups is 1. The largest absolute Gasteiger partial charge is 0.493 e. The van der Waals surface area contributed by atoms with E-state index < -0.39 is 11.2 Å². The monoisotopic (exact) mass is 844 g/mol. The second-order valence-electron chi connectivity index (χ2n) is 15.0. The van der Waals surface area contributed by atoms with E-state index in [1.807, 2.05) is 90.2 Å². The highest BCUT2D eigenvalue weighted by Crippen LogP contribution is 2.39. The lowest BCUT2D eigenvalue weighted by Gasteiger charge is -2.36. The number of rotatable bonds is 20. The minimum atomic E-state index is -1.13. The molecule has 1 fully saturated rings. The zero-order chi connectivity index (χ0) is 42.9. The van der Waals surface area contributed by atoms with Gasteiger partial charge in [-0.05, 0) is 61.0 Å². The molecule has 2 aromatic heterocycles. The molecular weight excluding hydrogens is 789 g/mol. The number of anilines is 1. The highest BCUT2D eigenvalue weighted by molar-refractivity contribution is 7.80. The highest BCUT2D eigenvalue weighted by atomic mass is 32.2. The molecule has 0 bridgehead atoms. The average Bonchev–Trinajstić information content (AvgIpc) is 3.77. The van der Waals surface area contributed by atoms with Crippen LogP contribution in [0.2, 0.25) is 0 Å². The Kier molecular flexibility index (Phi) is 14.4. The summed E-state index contributed by atoms with van der Waals surface area (Å²) in [6.45, 7) is 14.7. The van der Waals surface area contributed by atoms with Crippen molar-refractivity contribution in [3.05, 3.63) is 133 Å². The van der Waals surface area contributed by atoms with Gasteiger partial charge in [0, 0.05) is 81.5 Å². The molecule has 6 aromatic rings. The minimum Gasteiger partial charge on any atom is -0.493 e. The normalized spacial score (nSPS) is 13.8. The van der Waals surface area contributed by atoms with E-state index in [9.17, 15) is 9.00 Å². The topological polar surface area (TPSA) is 104 Å². The number of benzene rings is 4. The van der Waals surface area contributed by atoms with E-state index >= 15 is 0 Å². The van der Waals surface area contributed by atoms with Crippen LogP contribution in [0.3, 0.4) is 0 Å². The van der Waals surface area contributed by atoms with Gasteiger partial charge < -0.3 is 28.4 Å². The molecule has 0 radical (unpaired) electrons. The summed E-state index contributed by atoms with van der Waals surface area (Å²) in [4.78, 5) is 16.2. The Hall–Kier alpha value is -5.73. The lowest BCUT2D eigenvalue weighted by Crippen LogP contribution is -2.49. The highest BCUT2D eigenvalue weighted by Gasteiger charge is 2.29. The van der Waals surface area contributed by atoms with Gasteiger partial charge in [-0.15, -0.1) is 13.2 Å². The van der Waals surface area contributed by atoms with Gasteiger partial charge >= 0.3 is 5.97 Å². The van der Waals surface area contributed by atoms with E-state index in [1.54, 1.807) is 10.4 Å². The fraction of sp³-hybridized carbons (Fsp3) is 0.333. The molecule has 1 aliphatic rings. The lowest BCUT2D eigenvalue weighted by atomic mass is 9.98. The smallest absolute Gasteiger partial charge is 0.355 e. The van der Waals surface area contributed by atoms with Crippen molar-refractivity contribution in [2.45, 2.75) is 39.5 Å². The quantitative estimate of drug-likeness (QED) is 0.0432. The van der Waals surface area contributed by atoms with Crippen molar-refractivity contribution in [1.29, 1.82) is 0 Å². The van der Waals surface area contributed by atoms with E-state index in [0.29, 0.717) is 44.0 Å². The van der Waals surface area contributed by atoms with Crippen LogP contribution in [0.4, 0.5) is 5.69 Å². The number of fused-ring (bicyclic) bond motifs is 2. The maximum absolute atomic E-state index is 13.9. The van der Waals surface area contributed by atoms with Crippen molar-refractivity contribution in [3.63, 3.8) is 0 Å². The Morgan fingerprint density at radius 2 is 1.62 bits per heavy atom. The molecule has 1 saturated heterocycles. The molecule has 320 valence electrons. The Morgan fingerprint density at radius 1 is 0.885 bits per heavy atom. The summed E-state index contributed by atoms with van der Waals surface area (Å²) in [5, 5.41) is 8.14. The molecule has 0 spiro atoms. The first-order valence-corrected chi connectivity index (χ1v) is 21.9. The van der Waals surface area contributed by atoms with Crippen LogP contribution in [-0.2, 0) is 53.9 Å². The Morgan fingerprint density at radius 3 is 2.36 bits per heavy atom. The molecule has 1 atom stereocenters. The molecule has 4 aromatic carbocycles. The lowest BCUT2D eigenvalue weighted by molar-refractivity contribution is 0.0513. The van der Waals surface area contributed by atoms with Crippen molar-refractivity contribution in [2.75, 3.05) is 65.0 Å². The molecule has 1 aliphatic heterocycles. The van der Waals surface area contributed by atoms with Gasteiger partial charge in [0.1, 0.15) is 29.5 Å². The Labute approximate surface area is 361 Å². The van der Waals surface area contributed by atoms with E-state index in [0.717, 1.165) is 87.4 Å². The molecule has 12 nitrogen and oxygen atoms in total. The Bertz CT molecular complexity index is 2500. The molecule has 0 amide bonds. The summed E-state index contributed by atoms with van der Waals surface area (Å²) in [5.41, 5.74) is 6.76. The van der Waals surface area contributed by atoms with Crippen LogP contribution in [0.5, 0.6) is 11.5 Å². The molecule has 3 heterocycles. The summed E-state index contributed by atoms with van der Waals surface area (Å²) >= 11 is -1.13. The third-order valence-corrected chi connectivity index (χ3v) is 12.3. The first kappa shape index (κ1) is 43.4. The van der Waals surface area contributed by atoms with Gasteiger partial charge in [-0.2, -0.15) is 5.10 Å². The number of allylic oxidation sites excluding steroid dienone is 1. The number of nitrogens with zero attached hydrogens (tertiary/aromatic N) is 6. The molecule has 13 heteroatoms. The molecule has 0 saturated carbocycles. The molecule has 61 heavy (non-hydrogen) atoms. The minimum absolute atomic E-state index is 0.195. The summed E-state index contributed by atoms with van der Waals surface area (Å²) in [7, 11) is 5.58. The molecule has 0 N–H and O–H groups in total. The predicted octanol–water partition coefficient (Wildman–Crippen LogP) is 8.11. The average molecular weight is 845 g/mol. The maximum atomic E-state index is 13.9. The number of aromatic nitrogens is 3. The van der Waals surface area contributed by atoms with Crippen LogP contribution in [-0.4, -0.2) is 93.2 Å². The van der Waals surface area contributed by atoms with Gasteiger partial charge in [0.25, 0.3) is 0 Å². The third kappa shape index (κ3) is 9.60. The first-order valence-electron chi connectivity index (χ1n) is 20.8. The van der Waals surface area contributed by atoms with E-state index in [-0.39, 0.29) is 25.8 Å². The molecular formula is C48H56N6O6S. The number of ether oxygens (including phenoxy) is 4. The SMILES string of the molecule is C=CCOCc1c(-c2cccc3c(CCCOc4cccc5ccccc45)c(C(=O)OCC)n(CC=C)c23)c(COc2ccc(N3CCN(S(=O)N(C)C)CC3)cc2)nn1C. The van der Waals surface area contributed by atoms with Crippen LogP contribution < -0.4 is 14.4 Å².